The molecular formula is C28H30N2O2. The monoisotopic (exact) mass is 426 g/mol. The molecule has 0 radical (unpaired) electrons. The van der Waals surface area contributed by atoms with Crippen LogP contribution < -0.4 is 0 Å². The summed E-state index contributed by atoms with van der Waals surface area (Å²) < 4.78 is 7.96. The number of imidazole rings is 1. The quantitative estimate of drug-likeness (QED) is 0.347. The smallest absolute Gasteiger partial charge is 0.227 e. The van der Waals surface area contributed by atoms with Gasteiger partial charge in [-0.05, 0) is 38.9 Å². The van der Waals surface area contributed by atoms with Gasteiger partial charge in [-0.25, -0.2) is 4.98 Å². The summed E-state index contributed by atoms with van der Waals surface area (Å²) in [6.45, 7) is 6.96. The molecule has 0 saturated carbocycles. The SMILES string of the molecule is Cn1ccnc1C(=O)[C@H](Cc1ccc(C(C)(C)C)cc1)OCc1ccc2ccccc2c1. The van der Waals surface area contributed by atoms with Gasteiger partial charge in [-0.1, -0.05) is 81.4 Å². The standard InChI is InChI=1S/C28H30N2O2/c1-28(2,3)24-13-10-20(11-14-24)18-25(26(31)27-29-15-16-30(27)4)32-19-21-9-12-22-7-5-6-8-23(22)17-21/h5-17,25H,18-19H2,1-4H3/t25-/m0/s1. The second-order valence-corrected chi connectivity index (χ2v) is 9.36. The Hall–Kier alpha value is -3.24. The van der Waals surface area contributed by atoms with Gasteiger partial charge in [0.15, 0.2) is 5.82 Å². The first kappa shape index (κ1) is 22.0. The Morgan fingerprint density at radius 1 is 0.969 bits per heavy atom. The number of aromatic nitrogens is 2. The van der Waals surface area contributed by atoms with Gasteiger partial charge in [0.1, 0.15) is 6.10 Å². The topological polar surface area (TPSA) is 44.1 Å². The van der Waals surface area contributed by atoms with Crippen molar-refractivity contribution in [2.24, 2.45) is 7.05 Å². The Kier molecular flexibility index (Phi) is 6.24. The summed E-state index contributed by atoms with van der Waals surface area (Å²) in [4.78, 5) is 17.5. The van der Waals surface area contributed by atoms with Crippen LogP contribution in [-0.2, 0) is 30.2 Å². The van der Waals surface area contributed by atoms with Crippen LogP contribution >= 0.6 is 0 Å². The van der Waals surface area contributed by atoms with E-state index < -0.39 is 6.10 Å². The number of benzene rings is 3. The van der Waals surface area contributed by atoms with E-state index in [2.05, 4.69) is 80.4 Å². The van der Waals surface area contributed by atoms with Crippen LogP contribution in [0.4, 0.5) is 0 Å². The van der Waals surface area contributed by atoms with Gasteiger partial charge in [-0.15, -0.1) is 0 Å². The summed E-state index contributed by atoms with van der Waals surface area (Å²) in [7, 11) is 1.83. The number of aryl methyl sites for hydroxylation is 1. The number of rotatable bonds is 7. The van der Waals surface area contributed by atoms with E-state index in [4.69, 9.17) is 4.74 Å². The predicted octanol–water partition coefficient (Wildman–Crippen LogP) is 5.88. The van der Waals surface area contributed by atoms with Crippen molar-refractivity contribution in [3.63, 3.8) is 0 Å². The number of ketones is 1. The molecule has 4 aromatic rings. The van der Waals surface area contributed by atoms with Gasteiger partial charge in [0, 0.05) is 25.9 Å². The second kappa shape index (κ2) is 9.09. The fourth-order valence-corrected chi connectivity index (χ4v) is 3.85. The Labute approximate surface area is 189 Å². The Balaban J connectivity index is 1.55. The summed E-state index contributed by atoms with van der Waals surface area (Å²) in [5.41, 5.74) is 3.48. The molecule has 0 saturated heterocycles. The summed E-state index contributed by atoms with van der Waals surface area (Å²) in [5, 5.41) is 2.36. The lowest BCUT2D eigenvalue weighted by molar-refractivity contribution is 0.0331. The lowest BCUT2D eigenvalue weighted by atomic mass is 9.86. The predicted molar refractivity (Wildman–Crippen MR) is 129 cm³/mol. The van der Waals surface area contributed by atoms with Gasteiger partial charge in [-0.3, -0.25) is 4.79 Å². The summed E-state index contributed by atoms with van der Waals surface area (Å²) in [6.07, 6.45) is 3.32. The molecule has 0 unspecified atom stereocenters. The third-order valence-electron chi connectivity index (χ3n) is 5.84. The largest absolute Gasteiger partial charge is 0.365 e. The van der Waals surface area contributed by atoms with Crippen molar-refractivity contribution in [3.05, 3.63) is 102 Å². The minimum absolute atomic E-state index is 0.0906. The van der Waals surface area contributed by atoms with Crippen LogP contribution in [0.1, 0.15) is 48.1 Å². The highest BCUT2D eigenvalue weighted by Crippen LogP contribution is 2.23. The molecule has 32 heavy (non-hydrogen) atoms. The molecule has 0 aliphatic rings. The normalized spacial score (nSPS) is 12.8. The molecule has 1 atom stereocenters. The van der Waals surface area contributed by atoms with Crippen molar-refractivity contribution in [2.45, 2.75) is 45.3 Å². The first-order valence-corrected chi connectivity index (χ1v) is 11.0. The van der Waals surface area contributed by atoms with Crippen molar-refractivity contribution >= 4 is 16.6 Å². The molecule has 0 bridgehead atoms. The van der Waals surface area contributed by atoms with E-state index in [0.717, 1.165) is 11.1 Å². The zero-order valence-electron chi connectivity index (χ0n) is 19.2. The molecule has 0 aliphatic carbocycles. The highest BCUT2D eigenvalue weighted by Gasteiger charge is 2.25. The minimum Gasteiger partial charge on any atom is -0.365 e. The molecule has 0 N–H and O–H groups in total. The van der Waals surface area contributed by atoms with E-state index in [-0.39, 0.29) is 11.2 Å². The van der Waals surface area contributed by atoms with Crippen LogP contribution in [0.3, 0.4) is 0 Å². The maximum Gasteiger partial charge on any atom is 0.227 e. The maximum atomic E-state index is 13.3. The van der Waals surface area contributed by atoms with E-state index >= 15 is 0 Å². The lowest BCUT2D eigenvalue weighted by Gasteiger charge is -2.20. The third-order valence-corrected chi connectivity index (χ3v) is 5.84. The molecule has 0 fully saturated rings. The Bertz CT molecular complexity index is 1220. The molecule has 1 heterocycles. The van der Waals surface area contributed by atoms with E-state index in [9.17, 15) is 4.79 Å². The first-order valence-electron chi connectivity index (χ1n) is 11.0. The number of carbonyl (C=O) groups excluding carboxylic acids is 1. The lowest BCUT2D eigenvalue weighted by Crippen LogP contribution is -2.29. The van der Waals surface area contributed by atoms with Gasteiger partial charge in [0.05, 0.1) is 6.61 Å². The first-order chi connectivity index (χ1) is 15.3. The van der Waals surface area contributed by atoms with Crippen LogP contribution in [0.2, 0.25) is 0 Å². The van der Waals surface area contributed by atoms with Crippen LogP contribution in [0.5, 0.6) is 0 Å². The fourth-order valence-electron chi connectivity index (χ4n) is 3.85. The summed E-state index contributed by atoms with van der Waals surface area (Å²) >= 11 is 0. The third kappa shape index (κ3) is 4.97. The highest BCUT2D eigenvalue weighted by atomic mass is 16.5. The van der Waals surface area contributed by atoms with E-state index in [1.165, 1.54) is 16.3 Å². The molecule has 0 spiro atoms. The summed E-state index contributed by atoms with van der Waals surface area (Å²) in [5.74, 6) is 0.318. The molecule has 3 aromatic carbocycles. The van der Waals surface area contributed by atoms with Crippen molar-refractivity contribution in [2.75, 3.05) is 0 Å². The molecule has 4 heteroatoms. The Morgan fingerprint density at radius 2 is 1.66 bits per heavy atom. The fraction of sp³-hybridized carbons (Fsp3) is 0.286. The second-order valence-electron chi connectivity index (χ2n) is 9.36. The van der Waals surface area contributed by atoms with Crippen molar-refractivity contribution in [1.82, 2.24) is 9.55 Å². The van der Waals surface area contributed by atoms with Crippen molar-refractivity contribution in [3.8, 4) is 0 Å². The van der Waals surface area contributed by atoms with Gasteiger partial charge < -0.3 is 9.30 Å². The summed E-state index contributed by atoms with van der Waals surface area (Å²) in [6, 6.07) is 23.0. The zero-order chi connectivity index (χ0) is 22.7. The van der Waals surface area contributed by atoms with Gasteiger partial charge in [-0.2, -0.15) is 0 Å². The zero-order valence-corrected chi connectivity index (χ0v) is 19.2. The van der Waals surface area contributed by atoms with E-state index in [1.807, 2.05) is 19.2 Å². The number of Topliss-reactive ketones (excluding diaryl/α,β-unsaturated/α-hetero) is 1. The van der Waals surface area contributed by atoms with Gasteiger partial charge in [0.25, 0.3) is 0 Å². The van der Waals surface area contributed by atoms with Crippen LogP contribution in [0.15, 0.2) is 79.1 Å². The van der Waals surface area contributed by atoms with Crippen LogP contribution in [0.25, 0.3) is 10.8 Å². The number of ether oxygens (including phenoxy) is 1. The Morgan fingerprint density at radius 3 is 2.31 bits per heavy atom. The van der Waals surface area contributed by atoms with Crippen molar-refractivity contribution in [1.29, 1.82) is 0 Å². The maximum absolute atomic E-state index is 13.3. The number of hydrogen-bond acceptors (Lipinski definition) is 3. The number of nitrogens with zero attached hydrogens (tertiary/aromatic N) is 2. The number of fused-ring (bicyclic) bond motifs is 1. The molecular weight excluding hydrogens is 396 g/mol. The molecule has 1 aromatic heterocycles. The van der Waals surface area contributed by atoms with E-state index in [0.29, 0.717) is 18.9 Å². The van der Waals surface area contributed by atoms with Crippen molar-refractivity contribution < 1.29 is 9.53 Å². The van der Waals surface area contributed by atoms with Gasteiger partial charge in [0.2, 0.25) is 5.78 Å². The van der Waals surface area contributed by atoms with Gasteiger partial charge >= 0.3 is 0 Å². The van der Waals surface area contributed by atoms with E-state index in [1.54, 1.807) is 17.0 Å². The molecule has 4 rings (SSSR count). The number of hydrogen-bond donors (Lipinski definition) is 0. The average Bonchev–Trinajstić information content (AvgIpc) is 3.21. The van der Waals surface area contributed by atoms with Crippen LogP contribution in [0, 0.1) is 0 Å². The molecule has 164 valence electrons. The average molecular weight is 427 g/mol. The van der Waals surface area contributed by atoms with Crippen LogP contribution in [-0.4, -0.2) is 21.4 Å². The molecule has 4 nitrogen and oxygen atoms in total. The molecule has 0 amide bonds. The molecule has 0 aliphatic heterocycles. The minimum atomic E-state index is -0.608. The number of carbonyl (C=O) groups is 1. The highest BCUT2D eigenvalue weighted by molar-refractivity contribution is 5.96.